The molecule has 0 saturated carbocycles. The zero-order valence-corrected chi connectivity index (χ0v) is 10.4. The molecule has 0 spiro atoms. The second-order valence-electron chi connectivity index (χ2n) is 3.67. The van der Waals surface area contributed by atoms with Gasteiger partial charge in [-0.2, -0.15) is 52.3 Å². The summed E-state index contributed by atoms with van der Waals surface area (Å²) in [6.07, 6.45) is -13.8. The van der Waals surface area contributed by atoms with Crippen LogP contribution >= 0.6 is 0 Å². The van der Waals surface area contributed by atoms with E-state index in [4.69, 9.17) is 0 Å². The average Bonchev–Trinajstić information content (AvgIpc) is 2.22. The van der Waals surface area contributed by atoms with E-state index < -0.39 is 53.1 Å². The zero-order chi connectivity index (χ0) is 17.3. The maximum absolute atomic E-state index is 12.6. The summed E-state index contributed by atoms with van der Waals surface area (Å²) in [6, 6.07) is 0. The Balaban J connectivity index is 4.85. The quantitative estimate of drug-likeness (QED) is 0.540. The second-order valence-corrected chi connectivity index (χ2v) is 5.43. The van der Waals surface area contributed by atoms with E-state index in [2.05, 4.69) is 4.18 Å². The van der Waals surface area contributed by atoms with Crippen LogP contribution in [0.2, 0.25) is 0 Å². The smallest absolute Gasteiger partial charge is 0.263 e. The van der Waals surface area contributed by atoms with Gasteiger partial charge in [0.1, 0.15) is 6.61 Å². The largest absolute Gasteiger partial charge is 0.459 e. The van der Waals surface area contributed by atoms with Gasteiger partial charge in [-0.25, -0.2) is 0 Å². The molecule has 0 saturated heterocycles. The van der Waals surface area contributed by atoms with Crippen molar-refractivity contribution in [1.82, 2.24) is 0 Å². The predicted molar refractivity (Wildman–Crippen MR) is 46.4 cm³/mol. The van der Waals surface area contributed by atoms with Gasteiger partial charge >= 0.3 is 24.2 Å². The Morgan fingerprint density at radius 3 is 1.57 bits per heavy atom. The molecule has 0 heterocycles. The molecule has 0 bridgehead atoms. The highest BCUT2D eigenvalue weighted by Gasteiger charge is 2.73. The van der Waals surface area contributed by atoms with Crippen molar-refractivity contribution in [2.75, 3.05) is 12.4 Å². The molecule has 0 N–H and O–H groups in total. The molecular weight excluding hydrogens is 354 g/mol. The third-order valence-electron chi connectivity index (χ3n) is 1.87. The Bertz CT molecular complexity index is 448. The van der Waals surface area contributed by atoms with E-state index in [1.54, 1.807) is 0 Å². The molecule has 3 nitrogen and oxygen atoms in total. The Morgan fingerprint density at radius 2 is 1.24 bits per heavy atom. The minimum absolute atomic E-state index is 1.90. The number of hydrogen-bond donors (Lipinski definition) is 0. The van der Waals surface area contributed by atoms with Crippen molar-refractivity contribution in [1.29, 1.82) is 0 Å². The molecule has 21 heavy (non-hydrogen) atoms. The maximum atomic E-state index is 12.6. The van der Waals surface area contributed by atoms with E-state index in [0.29, 0.717) is 0 Å². The van der Waals surface area contributed by atoms with Crippen LogP contribution in [0.4, 0.5) is 43.9 Å². The first kappa shape index (κ1) is 20.2. The van der Waals surface area contributed by atoms with Gasteiger partial charge in [-0.05, 0) is 0 Å². The molecule has 0 aromatic carbocycles. The topological polar surface area (TPSA) is 43.4 Å². The first-order valence-electron chi connectivity index (χ1n) is 4.67. The van der Waals surface area contributed by atoms with E-state index >= 15 is 0 Å². The molecule has 0 aromatic heterocycles. The van der Waals surface area contributed by atoms with Gasteiger partial charge in [0, 0.05) is 0 Å². The number of rotatable bonds is 6. The monoisotopic (exact) mass is 360 g/mol. The minimum Gasteiger partial charge on any atom is -0.263 e. The van der Waals surface area contributed by atoms with E-state index in [1.165, 1.54) is 0 Å². The lowest BCUT2D eigenvalue weighted by Gasteiger charge is -2.27. The molecule has 0 aromatic rings. The summed E-state index contributed by atoms with van der Waals surface area (Å²) >= 11 is 0. The highest BCUT2D eigenvalue weighted by atomic mass is 32.2. The summed E-state index contributed by atoms with van der Waals surface area (Å²) in [4.78, 5) is 0. The second kappa shape index (κ2) is 5.78. The highest BCUT2D eigenvalue weighted by Crippen LogP contribution is 2.46. The van der Waals surface area contributed by atoms with Gasteiger partial charge in [-0.3, -0.25) is 4.18 Å². The fourth-order valence-corrected chi connectivity index (χ4v) is 1.69. The molecule has 0 aliphatic rings. The molecule has 128 valence electrons. The Kier molecular flexibility index (Phi) is 5.56. The van der Waals surface area contributed by atoms with Crippen molar-refractivity contribution in [3.63, 3.8) is 0 Å². The van der Waals surface area contributed by atoms with Crippen LogP contribution in [0.5, 0.6) is 0 Å². The van der Waals surface area contributed by atoms with Gasteiger partial charge in [0.15, 0.2) is 0 Å². The summed E-state index contributed by atoms with van der Waals surface area (Å²) in [5.74, 6) is -14.5. The lowest BCUT2D eigenvalue weighted by Crippen LogP contribution is -2.54. The van der Waals surface area contributed by atoms with Crippen LogP contribution in [-0.4, -0.2) is 45.0 Å². The van der Waals surface area contributed by atoms with Crippen LogP contribution in [0.3, 0.4) is 0 Å². The van der Waals surface area contributed by atoms with Crippen molar-refractivity contribution in [2.24, 2.45) is 0 Å². The van der Waals surface area contributed by atoms with Gasteiger partial charge in [-0.15, -0.1) is 0 Å². The van der Waals surface area contributed by atoms with Crippen molar-refractivity contribution >= 4 is 10.1 Å². The molecular formula is C7H6F10O3S. The summed E-state index contributed by atoms with van der Waals surface area (Å²) in [7, 11) is -5.35. The molecule has 0 amide bonds. The van der Waals surface area contributed by atoms with E-state index in [1.807, 2.05) is 0 Å². The lowest BCUT2D eigenvalue weighted by molar-refractivity contribution is -0.358. The Hall–Kier alpha value is -0.790. The zero-order valence-electron chi connectivity index (χ0n) is 9.53. The maximum Gasteiger partial charge on any atom is 0.459 e. The van der Waals surface area contributed by atoms with E-state index in [9.17, 15) is 52.3 Å². The molecule has 0 unspecified atom stereocenters. The predicted octanol–water partition coefficient (Wildman–Crippen LogP) is 3.12. The molecule has 0 aliphatic carbocycles. The number of alkyl halides is 10. The van der Waals surface area contributed by atoms with Crippen LogP contribution in [0.15, 0.2) is 0 Å². The van der Waals surface area contributed by atoms with Gasteiger partial charge in [-0.1, -0.05) is 0 Å². The van der Waals surface area contributed by atoms with Crippen molar-refractivity contribution in [2.45, 2.75) is 30.6 Å². The normalized spacial score (nSPS) is 15.3. The fraction of sp³-hybridized carbons (Fsp3) is 1.00. The van der Waals surface area contributed by atoms with Crippen LogP contribution in [-0.2, 0) is 14.3 Å². The van der Waals surface area contributed by atoms with E-state index in [0.717, 1.165) is 0 Å². The van der Waals surface area contributed by atoms with Crippen LogP contribution in [0.1, 0.15) is 6.42 Å². The minimum atomic E-state index is -6.70. The SMILES string of the molecule is O=S(=O)(CCC(F)(F)F)OCC(F)(F)C(F)(F)C(F)(F)F. The Morgan fingerprint density at radius 1 is 0.810 bits per heavy atom. The molecule has 14 heteroatoms. The van der Waals surface area contributed by atoms with Gasteiger partial charge in [0.05, 0.1) is 12.2 Å². The number of hydrogen-bond acceptors (Lipinski definition) is 3. The third-order valence-corrected chi connectivity index (χ3v) is 3.05. The standard InChI is InChI=1S/C7H6F10O3S/c8-4(9,6(13,14)7(15,16)17)3-20-21(18,19)2-1-5(10,11)12/h1-3H2. The molecule has 0 atom stereocenters. The van der Waals surface area contributed by atoms with Crippen LogP contribution in [0, 0.1) is 0 Å². The summed E-state index contributed by atoms with van der Waals surface area (Å²) in [6.45, 7) is -2.94. The lowest BCUT2D eigenvalue weighted by atomic mass is 10.2. The first-order valence-corrected chi connectivity index (χ1v) is 6.25. The average molecular weight is 360 g/mol. The highest BCUT2D eigenvalue weighted by molar-refractivity contribution is 7.86. The van der Waals surface area contributed by atoms with Crippen molar-refractivity contribution < 1.29 is 56.5 Å². The molecule has 0 fully saturated rings. The molecule has 0 radical (unpaired) electrons. The number of halogens is 10. The third kappa shape index (κ3) is 5.84. The molecule has 0 rings (SSSR count). The van der Waals surface area contributed by atoms with Crippen LogP contribution < -0.4 is 0 Å². The summed E-state index contributed by atoms with van der Waals surface area (Å²) in [5.41, 5.74) is 0. The molecule has 0 aliphatic heterocycles. The first-order chi connectivity index (χ1) is 8.91. The van der Waals surface area contributed by atoms with Gasteiger partial charge in [0.25, 0.3) is 10.1 Å². The fourth-order valence-electron chi connectivity index (χ4n) is 0.761. The van der Waals surface area contributed by atoms with Crippen LogP contribution in [0.25, 0.3) is 0 Å². The van der Waals surface area contributed by atoms with Gasteiger partial charge in [0.2, 0.25) is 0 Å². The van der Waals surface area contributed by atoms with Gasteiger partial charge < -0.3 is 0 Å². The van der Waals surface area contributed by atoms with E-state index in [-0.39, 0.29) is 0 Å². The van der Waals surface area contributed by atoms with Crippen molar-refractivity contribution in [3.05, 3.63) is 0 Å². The summed E-state index contributed by atoms with van der Waals surface area (Å²) < 4.78 is 144. The van der Waals surface area contributed by atoms with Crippen molar-refractivity contribution in [3.8, 4) is 0 Å². The Labute approximate surface area is 111 Å². The summed E-state index contributed by atoms with van der Waals surface area (Å²) in [5, 5.41) is 0.